The molecule has 0 radical (unpaired) electrons. The SMILES string of the molecule is CC1CC(NCCCCC(C)(C)C(N)=NO)C1. The summed E-state index contributed by atoms with van der Waals surface area (Å²) in [5, 5.41) is 15.3. The van der Waals surface area contributed by atoms with E-state index in [4.69, 9.17) is 10.9 Å². The Morgan fingerprint density at radius 1 is 1.41 bits per heavy atom. The van der Waals surface area contributed by atoms with Crippen molar-refractivity contribution in [2.45, 2.75) is 58.9 Å². The quantitative estimate of drug-likeness (QED) is 0.211. The molecule has 0 heterocycles. The molecule has 0 unspecified atom stereocenters. The molecule has 100 valence electrons. The number of unbranched alkanes of at least 4 members (excludes halogenated alkanes) is 1. The minimum atomic E-state index is -0.195. The van der Waals surface area contributed by atoms with E-state index in [1.54, 1.807) is 0 Å². The third kappa shape index (κ3) is 4.54. The van der Waals surface area contributed by atoms with E-state index < -0.39 is 0 Å². The van der Waals surface area contributed by atoms with E-state index in [-0.39, 0.29) is 5.41 Å². The fourth-order valence-electron chi connectivity index (χ4n) is 2.33. The van der Waals surface area contributed by atoms with Crippen molar-refractivity contribution >= 4 is 5.84 Å². The summed E-state index contributed by atoms with van der Waals surface area (Å²) in [6, 6.07) is 0.752. The van der Waals surface area contributed by atoms with E-state index in [1.807, 2.05) is 13.8 Å². The Labute approximate surface area is 105 Å². The molecule has 4 heteroatoms. The van der Waals surface area contributed by atoms with Gasteiger partial charge in [-0.05, 0) is 38.1 Å². The van der Waals surface area contributed by atoms with Gasteiger partial charge in [0.15, 0.2) is 0 Å². The van der Waals surface area contributed by atoms with E-state index in [1.165, 1.54) is 12.8 Å². The topological polar surface area (TPSA) is 70.6 Å². The molecule has 0 bridgehead atoms. The van der Waals surface area contributed by atoms with Gasteiger partial charge in [-0.2, -0.15) is 0 Å². The maximum Gasteiger partial charge on any atom is 0.144 e. The average Bonchev–Trinajstić information content (AvgIpc) is 2.24. The first kappa shape index (κ1) is 14.3. The van der Waals surface area contributed by atoms with Gasteiger partial charge in [-0.1, -0.05) is 32.3 Å². The molecule has 0 amide bonds. The minimum Gasteiger partial charge on any atom is -0.409 e. The van der Waals surface area contributed by atoms with Crippen LogP contribution in [-0.4, -0.2) is 23.6 Å². The van der Waals surface area contributed by atoms with Crippen LogP contribution in [0.4, 0.5) is 0 Å². The summed E-state index contributed by atoms with van der Waals surface area (Å²) < 4.78 is 0. The Hall–Kier alpha value is -0.770. The molecule has 4 nitrogen and oxygen atoms in total. The summed E-state index contributed by atoms with van der Waals surface area (Å²) in [5.74, 6) is 1.24. The first-order valence-corrected chi connectivity index (χ1v) is 6.67. The fraction of sp³-hybridized carbons (Fsp3) is 0.923. The standard InChI is InChI=1S/C13H27N3O/c1-10-8-11(9-10)15-7-5-4-6-13(2,3)12(14)16-17/h10-11,15,17H,4-9H2,1-3H3,(H2,14,16). The van der Waals surface area contributed by atoms with E-state index >= 15 is 0 Å². The van der Waals surface area contributed by atoms with Crippen molar-refractivity contribution in [2.75, 3.05) is 6.54 Å². The predicted molar refractivity (Wildman–Crippen MR) is 71.2 cm³/mol. The Morgan fingerprint density at radius 3 is 2.59 bits per heavy atom. The number of amidine groups is 1. The van der Waals surface area contributed by atoms with Crippen LogP contribution in [0.2, 0.25) is 0 Å². The van der Waals surface area contributed by atoms with Crippen molar-refractivity contribution in [1.29, 1.82) is 0 Å². The maximum absolute atomic E-state index is 8.66. The van der Waals surface area contributed by atoms with Crippen molar-refractivity contribution in [2.24, 2.45) is 22.2 Å². The van der Waals surface area contributed by atoms with Crippen LogP contribution in [0.5, 0.6) is 0 Å². The molecular formula is C13H27N3O. The average molecular weight is 241 g/mol. The number of hydrogen-bond acceptors (Lipinski definition) is 3. The highest BCUT2D eigenvalue weighted by molar-refractivity contribution is 5.85. The lowest BCUT2D eigenvalue weighted by molar-refractivity contribution is 0.240. The Balaban J connectivity index is 2.04. The lowest BCUT2D eigenvalue weighted by atomic mass is 9.82. The van der Waals surface area contributed by atoms with Crippen LogP contribution < -0.4 is 11.1 Å². The van der Waals surface area contributed by atoms with Crippen molar-refractivity contribution in [3.63, 3.8) is 0 Å². The van der Waals surface area contributed by atoms with Gasteiger partial charge < -0.3 is 16.3 Å². The largest absolute Gasteiger partial charge is 0.409 e. The zero-order valence-corrected chi connectivity index (χ0v) is 11.4. The van der Waals surface area contributed by atoms with Crippen molar-refractivity contribution < 1.29 is 5.21 Å². The van der Waals surface area contributed by atoms with E-state index in [9.17, 15) is 0 Å². The highest BCUT2D eigenvalue weighted by atomic mass is 16.4. The molecule has 0 aromatic carbocycles. The van der Waals surface area contributed by atoms with E-state index in [2.05, 4.69) is 17.4 Å². The third-order valence-electron chi connectivity index (χ3n) is 3.84. The number of nitrogens with two attached hydrogens (primary N) is 1. The van der Waals surface area contributed by atoms with Crippen molar-refractivity contribution in [3.05, 3.63) is 0 Å². The number of oxime groups is 1. The van der Waals surface area contributed by atoms with Crippen LogP contribution in [0, 0.1) is 11.3 Å². The van der Waals surface area contributed by atoms with Gasteiger partial charge in [0.2, 0.25) is 0 Å². The van der Waals surface area contributed by atoms with Gasteiger partial charge in [0.25, 0.3) is 0 Å². The molecule has 1 aliphatic rings. The van der Waals surface area contributed by atoms with Crippen LogP contribution in [0.15, 0.2) is 5.16 Å². The number of nitrogens with one attached hydrogen (secondary N) is 1. The monoisotopic (exact) mass is 241 g/mol. The van der Waals surface area contributed by atoms with Gasteiger partial charge in [-0.3, -0.25) is 0 Å². The van der Waals surface area contributed by atoms with E-state index in [0.29, 0.717) is 5.84 Å². The fourth-order valence-corrected chi connectivity index (χ4v) is 2.33. The van der Waals surface area contributed by atoms with Gasteiger partial charge in [0, 0.05) is 11.5 Å². The summed E-state index contributed by atoms with van der Waals surface area (Å²) in [5.41, 5.74) is 5.45. The molecule has 1 saturated carbocycles. The number of rotatable bonds is 7. The maximum atomic E-state index is 8.66. The molecule has 0 aromatic heterocycles. The van der Waals surface area contributed by atoms with Gasteiger partial charge in [0.05, 0.1) is 0 Å². The lowest BCUT2D eigenvalue weighted by Gasteiger charge is -2.33. The van der Waals surface area contributed by atoms with Gasteiger partial charge in [-0.25, -0.2) is 0 Å². The van der Waals surface area contributed by atoms with Crippen molar-refractivity contribution in [1.82, 2.24) is 5.32 Å². The summed E-state index contributed by atoms with van der Waals surface area (Å²) in [6.07, 6.45) is 5.89. The normalized spacial score (nSPS) is 25.7. The van der Waals surface area contributed by atoms with Crippen molar-refractivity contribution in [3.8, 4) is 0 Å². The lowest BCUT2D eigenvalue weighted by Crippen LogP contribution is -2.40. The summed E-state index contributed by atoms with van der Waals surface area (Å²) >= 11 is 0. The Bertz CT molecular complexity index is 257. The second kappa shape index (κ2) is 6.24. The molecule has 0 spiro atoms. The summed E-state index contributed by atoms with van der Waals surface area (Å²) in [6.45, 7) is 7.42. The van der Waals surface area contributed by atoms with Crippen LogP contribution in [0.3, 0.4) is 0 Å². The molecule has 0 atom stereocenters. The second-order valence-corrected chi connectivity index (χ2v) is 6.05. The molecular weight excluding hydrogens is 214 g/mol. The molecule has 4 N–H and O–H groups in total. The van der Waals surface area contributed by atoms with Gasteiger partial charge >= 0.3 is 0 Å². The zero-order chi connectivity index (χ0) is 12.9. The number of nitrogens with zero attached hydrogens (tertiary/aromatic N) is 1. The first-order chi connectivity index (χ1) is 7.95. The molecule has 0 aliphatic heterocycles. The molecule has 1 fully saturated rings. The van der Waals surface area contributed by atoms with Crippen LogP contribution in [-0.2, 0) is 0 Å². The van der Waals surface area contributed by atoms with E-state index in [0.717, 1.165) is 37.8 Å². The third-order valence-corrected chi connectivity index (χ3v) is 3.84. The second-order valence-electron chi connectivity index (χ2n) is 6.05. The van der Waals surface area contributed by atoms with Gasteiger partial charge in [-0.15, -0.1) is 0 Å². The minimum absolute atomic E-state index is 0.195. The Morgan fingerprint density at radius 2 is 2.06 bits per heavy atom. The van der Waals surface area contributed by atoms with Crippen LogP contribution >= 0.6 is 0 Å². The Kier molecular flexibility index (Phi) is 5.25. The zero-order valence-electron chi connectivity index (χ0n) is 11.4. The highest BCUT2D eigenvalue weighted by Crippen LogP contribution is 2.26. The smallest absolute Gasteiger partial charge is 0.144 e. The molecule has 17 heavy (non-hydrogen) atoms. The molecule has 1 aliphatic carbocycles. The van der Waals surface area contributed by atoms with Gasteiger partial charge in [0.1, 0.15) is 5.84 Å². The van der Waals surface area contributed by atoms with Crippen LogP contribution in [0.25, 0.3) is 0 Å². The highest BCUT2D eigenvalue weighted by Gasteiger charge is 2.25. The van der Waals surface area contributed by atoms with Crippen LogP contribution in [0.1, 0.15) is 52.9 Å². The molecule has 0 saturated heterocycles. The predicted octanol–water partition coefficient (Wildman–Crippen LogP) is 2.32. The number of hydrogen-bond donors (Lipinski definition) is 3. The molecule has 1 rings (SSSR count). The summed E-state index contributed by atoms with van der Waals surface area (Å²) in [7, 11) is 0. The first-order valence-electron chi connectivity index (χ1n) is 6.67. The summed E-state index contributed by atoms with van der Waals surface area (Å²) in [4.78, 5) is 0. The molecule has 0 aromatic rings.